The van der Waals surface area contributed by atoms with Crippen molar-refractivity contribution in [3.63, 3.8) is 0 Å². The van der Waals surface area contributed by atoms with E-state index in [1.54, 1.807) is 23.5 Å². The van der Waals surface area contributed by atoms with Crippen molar-refractivity contribution in [2.45, 2.75) is 13.8 Å². The van der Waals surface area contributed by atoms with Crippen LogP contribution >= 0.6 is 11.3 Å². The topological polar surface area (TPSA) is 52.1 Å². The highest BCUT2D eigenvalue weighted by molar-refractivity contribution is 7.18. The fourth-order valence-corrected chi connectivity index (χ4v) is 3.09. The molecule has 0 amide bonds. The van der Waals surface area contributed by atoms with Gasteiger partial charge >= 0.3 is 0 Å². The molecule has 0 saturated carbocycles. The van der Waals surface area contributed by atoms with Crippen molar-refractivity contribution >= 4 is 27.3 Å². The van der Waals surface area contributed by atoms with Gasteiger partial charge in [0.15, 0.2) is 12.4 Å². The van der Waals surface area contributed by atoms with Crippen LogP contribution in [0, 0.1) is 13.8 Å². The first kappa shape index (κ1) is 13.7. The van der Waals surface area contributed by atoms with Crippen LogP contribution in [-0.4, -0.2) is 22.4 Å². The Hall–Kier alpha value is -2.27. The monoisotopic (exact) mass is 298 g/mol. The molecule has 106 valence electrons. The molecule has 2 heterocycles. The van der Waals surface area contributed by atoms with Crippen LogP contribution < -0.4 is 4.74 Å². The van der Waals surface area contributed by atoms with Gasteiger partial charge in [-0.25, -0.2) is 9.97 Å². The molecule has 3 aromatic rings. The summed E-state index contributed by atoms with van der Waals surface area (Å²) in [5.74, 6) is 0.415. The number of aromatic nitrogens is 2. The van der Waals surface area contributed by atoms with Crippen molar-refractivity contribution in [3.8, 4) is 5.88 Å². The molecule has 1 aromatic carbocycles. The van der Waals surface area contributed by atoms with Gasteiger partial charge in [0.1, 0.15) is 11.2 Å². The van der Waals surface area contributed by atoms with Crippen LogP contribution in [0.15, 0.2) is 36.7 Å². The number of benzene rings is 1. The van der Waals surface area contributed by atoms with E-state index in [1.165, 1.54) is 11.2 Å². The predicted molar refractivity (Wildman–Crippen MR) is 83.2 cm³/mol. The molecule has 0 fully saturated rings. The van der Waals surface area contributed by atoms with Gasteiger partial charge < -0.3 is 4.74 Å². The first-order valence-electron chi connectivity index (χ1n) is 6.58. The van der Waals surface area contributed by atoms with E-state index in [0.29, 0.717) is 11.4 Å². The molecule has 3 rings (SSSR count). The van der Waals surface area contributed by atoms with E-state index in [0.717, 1.165) is 15.8 Å². The lowest BCUT2D eigenvalue weighted by Gasteiger charge is -2.06. The van der Waals surface area contributed by atoms with Crippen molar-refractivity contribution in [2.75, 3.05) is 6.61 Å². The molecule has 4 nitrogen and oxygen atoms in total. The Labute approximate surface area is 126 Å². The molecule has 0 atom stereocenters. The summed E-state index contributed by atoms with van der Waals surface area (Å²) in [4.78, 5) is 22.6. The van der Waals surface area contributed by atoms with Crippen LogP contribution in [0.25, 0.3) is 10.2 Å². The van der Waals surface area contributed by atoms with Gasteiger partial charge in [0, 0.05) is 10.4 Å². The van der Waals surface area contributed by atoms with E-state index >= 15 is 0 Å². The van der Waals surface area contributed by atoms with Crippen LogP contribution in [0.2, 0.25) is 0 Å². The van der Waals surface area contributed by atoms with E-state index in [1.807, 2.05) is 32.0 Å². The van der Waals surface area contributed by atoms with Crippen molar-refractivity contribution in [2.24, 2.45) is 0 Å². The number of hydrogen-bond donors (Lipinski definition) is 0. The van der Waals surface area contributed by atoms with Gasteiger partial charge in [-0.15, -0.1) is 11.3 Å². The second-order valence-electron chi connectivity index (χ2n) is 4.72. The zero-order chi connectivity index (χ0) is 14.8. The van der Waals surface area contributed by atoms with Gasteiger partial charge in [0.05, 0.1) is 5.39 Å². The number of ether oxygens (including phenoxy) is 1. The van der Waals surface area contributed by atoms with Gasteiger partial charge in [-0.2, -0.15) is 0 Å². The molecular weight excluding hydrogens is 284 g/mol. The highest BCUT2D eigenvalue weighted by Gasteiger charge is 2.14. The minimum absolute atomic E-state index is 0.0234. The standard InChI is InChI=1S/C16H14N2O2S/c1-10-11(2)21-16-14(10)15(17-9-18-16)20-8-13(19)12-6-4-3-5-7-12/h3-7,9H,8H2,1-2H3. The minimum atomic E-state index is -0.0630. The zero-order valence-corrected chi connectivity index (χ0v) is 12.6. The summed E-state index contributed by atoms with van der Waals surface area (Å²) >= 11 is 1.61. The van der Waals surface area contributed by atoms with E-state index in [2.05, 4.69) is 9.97 Å². The molecule has 2 aromatic heterocycles. The van der Waals surface area contributed by atoms with Gasteiger partial charge in [-0.05, 0) is 19.4 Å². The third kappa shape index (κ3) is 2.64. The van der Waals surface area contributed by atoms with Crippen LogP contribution in [-0.2, 0) is 0 Å². The van der Waals surface area contributed by atoms with Gasteiger partial charge in [-0.1, -0.05) is 30.3 Å². The third-order valence-electron chi connectivity index (χ3n) is 3.37. The number of thiophene rings is 1. The summed E-state index contributed by atoms with van der Waals surface area (Å²) in [7, 11) is 0. The highest BCUT2D eigenvalue weighted by atomic mass is 32.1. The molecule has 0 aliphatic heterocycles. The normalized spacial score (nSPS) is 10.8. The van der Waals surface area contributed by atoms with Crippen molar-refractivity contribution in [1.82, 2.24) is 9.97 Å². The maximum absolute atomic E-state index is 12.1. The Bertz CT molecular complexity index is 797. The summed E-state index contributed by atoms with van der Waals surface area (Å²) < 4.78 is 5.64. The Morgan fingerprint density at radius 2 is 1.95 bits per heavy atom. The van der Waals surface area contributed by atoms with Crippen molar-refractivity contribution in [1.29, 1.82) is 0 Å². The first-order chi connectivity index (χ1) is 10.2. The summed E-state index contributed by atoms with van der Waals surface area (Å²) in [6, 6.07) is 9.11. The molecule has 0 spiro atoms. The molecule has 5 heteroatoms. The molecule has 0 unspecified atom stereocenters. The minimum Gasteiger partial charge on any atom is -0.469 e. The number of ketones is 1. The average molecular weight is 298 g/mol. The van der Waals surface area contributed by atoms with Crippen molar-refractivity contribution in [3.05, 3.63) is 52.7 Å². The Morgan fingerprint density at radius 1 is 1.19 bits per heavy atom. The Balaban J connectivity index is 1.84. The molecule has 0 bridgehead atoms. The van der Waals surface area contributed by atoms with Gasteiger partial charge in [-0.3, -0.25) is 4.79 Å². The molecular formula is C16H14N2O2S. The number of aryl methyl sites for hydroxylation is 2. The van der Waals surface area contributed by atoms with Crippen LogP contribution in [0.1, 0.15) is 20.8 Å². The quantitative estimate of drug-likeness (QED) is 0.691. The molecule has 0 aliphatic carbocycles. The first-order valence-corrected chi connectivity index (χ1v) is 7.40. The van der Waals surface area contributed by atoms with E-state index in [9.17, 15) is 4.79 Å². The fraction of sp³-hybridized carbons (Fsp3) is 0.188. The summed E-state index contributed by atoms with van der Waals surface area (Å²) in [5.41, 5.74) is 1.75. The van der Waals surface area contributed by atoms with Gasteiger partial charge in [0.25, 0.3) is 0 Å². The zero-order valence-electron chi connectivity index (χ0n) is 11.8. The second-order valence-corrected chi connectivity index (χ2v) is 5.92. The number of Topliss-reactive ketones (excluding diaryl/α,β-unsaturated/α-hetero) is 1. The summed E-state index contributed by atoms with van der Waals surface area (Å²) in [5, 5.41) is 0.904. The van der Waals surface area contributed by atoms with Crippen LogP contribution in [0.5, 0.6) is 5.88 Å². The van der Waals surface area contributed by atoms with E-state index < -0.39 is 0 Å². The molecule has 0 N–H and O–H groups in total. The second kappa shape index (κ2) is 5.61. The Morgan fingerprint density at radius 3 is 2.71 bits per heavy atom. The number of rotatable bonds is 4. The third-order valence-corrected chi connectivity index (χ3v) is 4.48. The number of nitrogens with zero attached hydrogens (tertiary/aromatic N) is 2. The number of carbonyl (C=O) groups excluding carboxylic acids is 1. The average Bonchev–Trinajstić information content (AvgIpc) is 2.81. The largest absolute Gasteiger partial charge is 0.469 e. The molecule has 0 aliphatic rings. The molecule has 21 heavy (non-hydrogen) atoms. The Kier molecular flexibility index (Phi) is 3.66. The van der Waals surface area contributed by atoms with Gasteiger partial charge in [0.2, 0.25) is 5.88 Å². The number of carbonyl (C=O) groups is 1. The van der Waals surface area contributed by atoms with Crippen molar-refractivity contribution < 1.29 is 9.53 Å². The SMILES string of the molecule is Cc1sc2ncnc(OCC(=O)c3ccccc3)c2c1C. The van der Waals surface area contributed by atoms with E-state index in [-0.39, 0.29) is 12.4 Å². The molecule has 0 radical (unpaired) electrons. The van der Waals surface area contributed by atoms with Crippen LogP contribution in [0.3, 0.4) is 0 Å². The maximum atomic E-state index is 12.1. The lowest BCUT2D eigenvalue weighted by atomic mass is 10.1. The van der Waals surface area contributed by atoms with Crippen LogP contribution in [0.4, 0.5) is 0 Å². The number of fused-ring (bicyclic) bond motifs is 1. The number of hydrogen-bond acceptors (Lipinski definition) is 5. The maximum Gasteiger partial charge on any atom is 0.226 e. The lowest BCUT2D eigenvalue weighted by Crippen LogP contribution is -2.12. The fourth-order valence-electron chi connectivity index (χ4n) is 2.10. The summed E-state index contributed by atoms with van der Waals surface area (Å²) in [6.45, 7) is 4.04. The lowest BCUT2D eigenvalue weighted by molar-refractivity contribution is 0.0919. The summed E-state index contributed by atoms with van der Waals surface area (Å²) in [6.07, 6.45) is 1.47. The predicted octanol–water partition coefficient (Wildman–Crippen LogP) is 3.57. The molecule has 0 saturated heterocycles. The highest BCUT2D eigenvalue weighted by Crippen LogP contribution is 2.33. The smallest absolute Gasteiger partial charge is 0.226 e. The van der Waals surface area contributed by atoms with E-state index in [4.69, 9.17) is 4.74 Å².